The fourth-order valence-electron chi connectivity index (χ4n) is 5.68. The smallest absolute Gasteiger partial charge is 0.245 e. The molecule has 0 radical (unpaired) electrons. The van der Waals surface area contributed by atoms with E-state index >= 15 is 0 Å². The van der Waals surface area contributed by atoms with Crippen molar-refractivity contribution in [3.8, 4) is 0 Å². The molecule has 3 aromatic rings. The number of aromatic nitrogens is 2. The Morgan fingerprint density at radius 3 is 2.48 bits per heavy atom. The number of para-hydroxylation sites is 1. The first-order valence-electron chi connectivity index (χ1n) is 17.3. The number of nitrogens with zero attached hydrogens (tertiary/aromatic N) is 2. The molecule has 0 saturated carbocycles. The van der Waals surface area contributed by atoms with Crippen molar-refractivity contribution in [2.45, 2.75) is 88.4 Å². The quantitative estimate of drug-likeness (QED) is 0.0491. The summed E-state index contributed by atoms with van der Waals surface area (Å²) in [5.74, 6) is -0.925. The minimum Gasteiger partial charge on any atom is -0.361 e. The van der Waals surface area contributed by atoms with Gasteiger partial charge in [-0.15, -0.1) is 0 Å². The van der Waals surface area contributed by atoms with E-state index in [-0.39, 0.29) is 17.7 Å². The summed E-state index contributed by atoms with van der Waals surface area (Å²) in [7, 11) is 1.63. The predicted octanol–water partition coefficient (Wildman–Crippen LogP) is 4.72. The van der Waals surface area contributed by atoms with E-state index in [9.17, 15) is 14.4 Å². The lowest BCUT2D eigenvalue weighted by Crippen LogP contribution is -2.57. The first-order chi connectivity index (χ1) is 24.2. The molecule has 0 saturated heterocycles. The molecule has 3 amide bonds. The number of H-pyrrole nitrogens is 1. The van der Waals surface area contributed by atoms with Gasteiger partial charge in [0, 0.05) is 64.7 Å². The molecule has 1 aromatic carbocycles. The van der Waals surface area contributed by atoms with Crippen LogP contribution in [0, 0.1) is 0 Å². The molecule has 8 N–H and O–H groups in total. The van der Waals surface area contributed by atoms with E-state index in [1.165, 1.54) is 16.7 Å². The zero-order chi connectivity index (χ0) is 36.5. The fraction of sp³-hybridized carbons (Fsp3) is 0.459. The third-order valence-corrected chi connectivity index (χ3v) is 10.3. The van der Waals surface area contributed by atoms with E-state index < -0.39 is 18.1 Å². The van der Waals surface area contributed by atoms with Crippen molar-refractivity contribution in [2.24, 2.45) is 11.5 Å². The van der Waals surface area contributed by atoms with Crippen molar-refractivity contribution in [3.05, 3.63) is 82.6 Å². The molecule has 0 aliphatic rings. The number of pyridine rings is 1. The third kappa shape index (κ3) is 11.7. The standard InChI is InChI=1S/C37H53ClN8O3S/c1-5-27(38)33(6-2)50-34-18-13-21-42-31(34)24-44-29(17-12-20-40)35(47)45-30(16-10-11-19-39)37(49)46(4)32(36(48)41-7-3)22-25-23-43-28-15-9-8-14-26(25)28/h5,8-9,13-15,18,21,23,29-30,32,43-44H,1,6-7,10-12,16-17,19-20,22,24,39-40H2,2-4H3,(H,41,48)(H,45,47)/b33-27-/t29-,30-,32-/m0/s1. The number of rotatable bonds is 22. The monoisotopic (exact) mass is 724 g/mol. The molecule has 3 atom stereocenters. The zero-order valence-corrected chi connectivity index (χ0v) is 31.0. The van der Waals surface area contributed by atoms with Crippen LogP contribution in [0.4, 0.5) is 0 Å². The number of allylic oxidation sites excluding steroid dienone is 3. The number of thioether (sulfide) groups is 1. The highest BCUT2D eigenvalue weighted by Gasteiger charge is 2.33. The van der Waals surface area contributed by atoms with Crippen molar-refractivity contribution in [1.82, 2.24) is 30.8 Å². The minimum absolute atomic E-state index is 0.261. The Hall–Kier alpha value is -3.68. The largest absolute Gasteiger partial charge is 0.361 e. The van der Waals surface area contributed by atoms with Gasteiger partial charge in [-0.1, -0.05) is 55.1 Å². The van der Waals surface area contributed by atoms with E-state index in [2.05, 4.69) is 32.5 Å². The third-order valence-electron chi connectivity index (χ3n) is 8.50. The van der Waals surface area contributed by atoms with Crippen LogP contribution in [-0.2, 0) is 27.3 Å². The lowest BCUT2D eigenvalue weighted by molar-refractivity contribution is -0.142. The molecule has 0 spiro atoms. The molecule has 2 aromatic heterocycles. The summed E-state index contributed by atoms with van der Waals surface area (Å²) in [4.78, 5) is 52.7. The molecular weight excluding hydrogens is 672 g/mol. The van der Waals surface area contributed by atoms with Gasteiger partial charge in [0.15, 0.2) is 0 Å². The highest BCUT2D eigenvalue weighted by atomic mass is 35.5. The van der Waals surface area contributed by atoms with Crippen molar-refractivity contribution in [3.63, 3.8) is 0 Å². The van der Waals surface area contributed by atoms with Crippen LogP contribution in [-0.4, -0.2) is 77.4 Å². The van der Waals surface area contributed by atoms with E-state index in [1.54, 1.807) is 19.3 Å². The van der Waals surface area contributed by atoms with Crippen LogP contribution in [0.5, 0.6) is 0 Å². The van der Waals surface area contributed by atoms with Gasteiger partial charge in [-0.25, -0.2) is 0 Å². The second-order valence-corrected chi connectivity index (χ2v) is 13.6. The predicted molar refractivity (Wildman–Crippen MR) is 204 cm³/mol. The van der Waals surface area contributed by atoms with Crippen LogP contribution in [0.15, 0.2) is 76.3 Å². The molecule has 50 heavy (non-hydrogen) atoms. The van der Waals surface area contributed by atoms with E-state index in [0.29, 0.717) is 69.7 Å². The average Bonchev–Trinajstić information content (AvgIpc) is 3.54. The van der Waals surface area contributed by atoms with Gasteiger partial charge in [-0.05, 0) is 88.4 Å². The van der Waals surface area contributed by atoms with Gasteiger partial charge >= 0.3 is 0 Å². The summed E-state index contributed by atoms with van der Waals surface area (Å²) in [5.41, 5.74) is 14.3. The van der Waals surface area contributed by atoms with Gasteiger partial charge in [-0.2, -0.15) is 0 Å². The Morgan fingerprint density at radius 1 is 1.04 bits per heavy atom. The summed E-state index contributed by atoms with van der Waals surface area (Å²) in [6.45, 7) is 9.25. The molecule has 0 unspecified atom stereocenters. The van der Waals surface area contributed by atoms with E-state index in [4.69, 9.17) is 23.1 Å². The second kappa shape index (κ2) is 21.5. The van der Waals surface area contributed by atoms with Crippen LogP contribution in [0.3, 0.4) is 0 Å². The minimum atomic E-state index is -0.861. The Morgan fingerprint density at radius 2 is 1.78 bits per heavy atom. The average molecular weight is 725 g/mol. The first-order valence-corrected chi connectivity index (χ1v) is 18.5. The highest BCUT2D eigenvalue weighted by Crippen LogP contribution is 2.34. The van der Waals surface area contributed by atoms with Crippen molar-refractivity contribution >= 4 is 52.0 Å². The number of carbonyl (C=O) groups is 3. The number of carbonyl (C=O) groups excluding carboxylic acids is 3. The van der Waals surface area contributed by atoms with Gasteiger partial charge < -0.3 is 37.3 Å². The maximum absolute atomic E-state index is 14.2. The Balaban J connectivity index is 1.83. The summed E-state index contributed by atoms with van der Waals surface area (Å²) in [6, 6.07) is 9.38. The number of nitrogens with one attached hydrogen (secondary N) is 4. The van der Waals surface area contributed by atoms with Gasteiger partial charge in [0.05, 0.1) is 11.7 Å². The molecule has 0 aliphatic heterocycles. The van der Waals surface area contributed by atoms with Crippen LogP contribution < -0.4 is 27.4 Å². The lowest BCUT2D eigenvalue weighted by Gasteiger charge is -2.31. The zero-order valence-electron chi connectivity index (χ0n) is 29.5. The summed E-state index contributed by atoms with van der Waals surface area (Å²) in [5, 5.41) is 10.9. The molecule has 2 heterocycles. The maximum atomic E-state index is 14.2. The summed E-state index contributed by atoms with van der Waals surface area (Å²) < 4.78 is 0. The molecule has 0 fully saturated rings. The molecule has 13 heteroatoms. The number of benzene rings is 1. The van der Waals surface area contributed by atoms with Crippen LogP contribution in [0.25, 0.3) is 10.9 Å². The Kier molecular flexibility index (Phi) is 17.5. The van der Waals surface area contributed by atoms with Crippen molar-refractivity contribution < 1.29 is 14.4 Å². The number of nitrogens with two attached hydrogens (primary N) is 2. The Bertz CT molecular complexity index is 1600. The highest BCUT2D eigenvalue weighted by molar-refractivity contribution is 8.03. The number of amides is 3. The SMILES string of the molecule is C=C/C(Cl)=C(\CC)Sc1cccnc1CN[C@@H](CCCN)C(=O)N[C@@H](CCCCN)C(=O)N(C)[C@@H](Cc1c[nH]c2ccccc12)C(=O)NCC. The number of halogens is 1. The fourth-order valence-corrected chi connectivity index (χ4v) is 6.91. The molecule has 3 rings (SSSR count). The number of unbranched alkanes of at least 4 members (excludes halogenated alkanes) is 1. The molecule has 272 valence electrons. The number of aromatic amines is 1. The normalized spacial score (nSPS) is 13.6. The summed E-state index contributed by atoms with van der Waals surface area (Å²) in [6.07, 6.45) is 9.01. The van der Waals surface area contributed by atoms with Crippen LogP contribution in [0.2, 0.25) is 0 Å². The first kappa shape index (κ1) is 40.7. The number of hydrogen-bond acceptors (Lipinski definition) is 8. The van der Waals surface area contributed by atoms with Gasteiger partial charge in [-0.3, -0.25) is 19.4 Å². The van der Waals surface area contributed by atoms with E-state index in [0.717, 1.165) is 38.4 Å². The maximum Gasteiger partial charge on any atom is 0.245 e. The van der Waals surface area contributed by atoms with Crippen LogP contribution in [0.1, 0.15) is 63.6 Å². The molecule has 0 bridgehead atoms. The van der Waals surface area contributed by atoms with Gasteiger partial charge in [0.2, 0.25) is 17.7 Å². The Labute approximate surface area is 305 Å². The van der Waals surface area contributed by atoms with E-state index in [1.807, 2.05) is 56.4 Å². The summed E-state index contributed by atoms with van der Waals surface area (Å²) >= 11 is 7.91. The van der Waals surface area contributed by atoms with Gasteiger partial charge in [0.25, 0.3) is 0 Å². The molecule has 11 nitrogen and oxygen atoms in total. The number of likely N-dealkylation sites (N-methyl/N-ethyl adjacent to an activating group) is 2. The number of fused-ring (bicyclic) bond motifs is 1. The van der Waals surface area contributed by atoms with Gasteiger partial charge in [0.1, 0.15) is 12.1 Å². The number of hydrogen-bond donors (Lipinski definition) is 6. The van der Waals surface area contributed by atoms with Crippen molar-refractivity contribution in [2.75, 3.05) is 26.7 Å². The topological polar surface area (TPSA) is 171 Å². The molecular formula is C37H53ClN8O3S. The molecule has 0 aliphatic carbocycles. The second-order valence-electron chi connectivity index (χ2n) is 12.0. The van der Waals surface area contributed by atoms with Crippen LogP contribution >= 0.6 is 23.4 Å². The van der Waals surface area contributed by atoms with Crippen molar-refractivity contribution in [1.29, 1.82) is 0 Å². The lowest BCUT2D eigenvalue weighted by atomic mass is 10.0.